The van der Waals surface area contributed by atoms with Gasteiger partial charge in [-0.05, 0) is 57.2 Å². The van der Waals surface area contributed by atoms with Gasteiger partial charge in [-0.2, -0.15) is 4.31 Å². The predicted octanol–water partition coefficient (Wildman–Crippen LogP) is 2.90. The molecule has 1 amide bonds. The Morgan fingerprint density at radius 2 is 2.00 bits per heavy atom. The Bertz CT molecular complexity index is 737. The zero-order chi connectivity index (χ0) is 18.8. The van der Waals surface area contributed by atoms with Crippen molar-refractivity contribution in [1.82, 2.24) is 4.31 Å². The maximum atomic E-state index is 12.6. The standard InChI is InChI=1S/C18H29N3O3S.ClH/c1-12(2)21(4)25(23,24)15-9-8-13(3)17(11-15)20-18(22)10-14-6-5-7-16(14)19;/h8-9,11-12,14,16H,5-7,10,19H2,1-4H3,(H,20,22);1H/t14-,16+;/m0./s1. The van der Waals surface area contributed by atoms with Gasteiger partial charge in [0, 0.05) is 31.2 Å². The first-order chi connectivity index (χ1) is 11.6. The third kappa shape index (κ3) is 5.19. The van der Waals surface area contributed by atoms with Crippen LogP contribution in [-0.4, -0.2) is 37.8 Å². The molecule has 0 radical (unpaired) electrons. The number of aryl methyl sites for hydroxylation is 1. The Labute approximate surface area is 163 Å². The smallest absolute Gasteiger partial charge is 0.243 e. The van der Waals surface area contributed by atoms with Crippen LogP contribution in [0.2, 0.25) is 0 Å². The molecule has 2 rings (SSSR count). The molecular weight excluding hydrogens is 374 g/mol. The van der Waals surface area contributed by atoms with E-state index in [1.54, 1.807) is 19.2 Å². The molecule has 26 heavy (non-hydrogen) atoms. The maximum absolute atomic E-state index is 12.6. The lowest BCUT2D eigenvalue weighted by molar-refractivity contribution is -0.117. The van der Waals surface area contributed by atoms with Crippen molar-refractivity contribution in [2.45, 2.75) is 63.4 Å². The Morgan fingerprint density at radius 3 is 2.54 bits per heavy atom. The van der Waals surface area contributed by atoms with E-state index in [0.29, 0.717) is 12.1 Å². The summed E-state index contributed by atoms with van der Waals surface area (Å²) in [6, 6.07) is 4.77. The van der Waals surface area contributed by atoms with Crippen LogP contribution < -0.4 is 11.1 Å². The summed E-state index contributed by atoms with van der Waals surface area (Å²) in [5.41, 5.74) is 7.39. The van der Waals surface area contributed by atoms with Gasteiger partial charge in [0.25, 0.3) is 0 Å². The average Bonchev–Trinajstić information content (AvgIpc) is 2.93. The third-order valence-electron chi connectivity index (χ3n) is 5.05. The monoisotopic (exact) mass is 403 g/mol. The first-order valence-electron chi connectivity index (χ1n) is 8.77. The van der Waals surface area contributed by atoms with Gasteiger partial charge in [-0.1, -0.05) is 12.5 Å². The fourth-order valence-electron chi connectivity index (χ4n) is 3.10. The molecule has 1 aliphatic rings. The number of carbonyl (C=O) groups is 1. The first kappa shape index (κ1) is 22.9. The number of nitrogens with zero attached hydrogens (tertiary/aromatic N) is 1. The number of benzene rings is 1. The largest absolute Gasteiger partial charge is 0.327 e. The number of nitrogens with one attached hydrogen (secondary N) is 1. The van der Waals surface area contributed by atoms with Crippen molar-refractivity contribution >= 4 is 34.0 Å². The molecule has 148 valence electrons. The van der Waals surface area contributed by atoms with Gasteiger partial charge in [0.05, 0.1) is 4.90 Å². The number of hydrogen-bond acceptors (Lipinski definition) is 4. The van der Waals surface area contributed by atoms with Crippen molar-refractivity contribution in [2.75, 3.05) is 12.4 Å². The first-order valence-corrected chi connectivity index (χ1v) is 10.2. The molecule has 0 heterocycles. The van der Waals surface area contributed by atoms with E-state index in [2.05, 4.69) is 5.32 Å². The molecule has 1 aliphatic carbocycles. The van der Waals surface area contributed by atoms with E-state index in [9.17, 15) is 13.2 Å². The summed E-state index contributed by atoms with van der Waals surface area (Å²) in [5.74, 6) is 0.0940. The summed E-state index contributed by atoms with van der Waals surface area (Å²) < 4.78 is 26.6. The van der Waals surface area contributed by atoms with Crippen LogP contribution in [0.5, 0.6) is 0 Å². The van der Waals surface area contributed by atoms with E-state index in [-0.39, 0.29) is 41.2 Å². The Balaban J connectivity index is 0.00000338. The molecule has 3 N–H and O–H groups in total. The molecule has 6 nitrogen and oxygen atoms in total. The van der Waals surface area contributed by atoms with Gasteiger partial charge in [-0.3, -0.25) is 4.79 Å². The summed E-state index contributed by atoms with van der Waals surface area (Å²) in [4.78, 5) is 12.5. The number of amides is 1. The molecule has 0 unspecified atom stereocenters. The van der Waals surface area contributed by atoms with Crippen molar-refractivity contribution in [3.63, 3.8) is 0 Å². The molecule has 1 fully saturated rings. The number of carbonyl (C=O) groups excluding carboxylic acids is 1. The van der Waals surface area contributed by atoms with Crippen LogP contribution in [0.1, 0.15) is 45.1 Å². The van der Waals surface area contributed by atoms with Crippen LogP contribution in [0.3, 0.4) is 0 Å². The zero-order valence-corrected chi connectivity index (χ0v) is 17.5. The number of halogens is 1. The fourth-order valence-corrected chi connectivity index (χ4v) is 4.49. The van der Waals surface area contributed by atoms with Crippen LogP contribution >= 0.6 is 12.4 Å². The van der Waals surface area contributed by atoms with E-state index in [1.807, 2.05) is 20.8 Å². The van der Waals surface area contributed by atoms with Gasteiger partial charge in [0.2, 0.25) is 15.9 Å². The number of hydrogen-bond donors (Lipinski definition) is 2. The molecule has 0 saturated heterocycles. The van der Waals surface area contributed by atoms with E-state index in [1.165, 1.54) is 10.4 Å². The molecule has 0 bridgehead atoms. The van der Waals surface area contributed by atoms with E-state index in [4.69, 9.17) is 5.73 Å². The van der Waals surface area contributed by atoms with Gasteiger partial charge < -0.3 is 11.1 Å². The fraction of sp³-hybridized carbons (Fsp3) is 0.611. The summed E-state index contributed by atoms with van der Waals surface area (Å²) in [6.07, 6.45) is 3.38. The van der Waals surface area contributed by atoms with Gasteiger partial charge >= 0.3 is 0 Å². The lowest BCUT2D eigenvalue weighted by Gasteiger charge is -2.22. The third-order valence-corrected chi connectivity index (χ3v) is 7.08. The zero-order valence-electron chi connectivity index (χ0n) is 15.9. The summed E-state index contributed by atoms with van der Waals surface area (Å²) in [5, 5.41) is 2.86. The van der Waals surface area contributed by atoms with Crippen LogP contribution in [0, 0.1) is 12.8 Å². The molecule has 0 spiro atoms. The molecule has 2 atom stereocenters. The quantitative estimate of drug-likeness (QED) is 0.763. The highest BCUT2D eigenvalue weighted by molar-refractivity contribution is 7.89. The second kappa shape index (κ2) is 9.17. The Hall–Kier alpha value is -1.15. The SMILES string of the molecule is Cc1ccc(S(=O)(=O)N(C)C(C)C)cc1NC(=O)C[C@@H]1CCC[C@H]1N.Cl. The van der Waals surface area contributed by atoms with Crippen molar-refractivity contribution < 1.29 is 13.2 Å². The minimum atomic E-state index is -3.58. The number of anilines is 1. The highest BCUT2D eigenvalue weighted by Gasteiger charge is 2.27. The Morgan fingerprint density at radius 1 is 1.35 bits per heavy atom. The van der Waals surface area contributed by atoms with Crippen molar-refractivity contribution in [2.24, 2.45) is 11.7 Å². The second-order valence-corrected chi connectivity index (χ2v) is 9.20. The number of nitrogens with two attached hydrogens (primary N) is 1. The van der Waals surface area contributed by atoms with Crippen LogP contribution in [0.15, 0.2) is 23.1 Å². The maximum Gasteiger partial charge on any atom is 0.243 e. The topological polar surface area (TPSA) is 92.5 Å². The van der Waals surface area contributed by atoms with Gasteiger partial charge in [-0.25, -0.2) is 8.42 Å². The molecule has 0 aromatic heterocycles. The summed E-state index contributed by atoms with van der Waals surface area (Å²) in [6.45, 7) is 5.48. The molecule has 0 aliphatic heterocycles. The molecule has 8 heteroatoms. The van der Waals surface area contributed by atoms with Crippen LogP contribution in [-0.2, 0) is 14.8 Å². The minimum absolute atomic E-state index is 0. The van der Waals surface area contributed by atoms with E-state index >= 15 is 0 Å². The van der Waals surface area contributed by atoms with E-state index < -0.39 is 10.0 Å². The van der Waals surface area contributed by atoms with Gasteiger partial charge in [0.15, 0.2) is 0 Å². The predicted molar refractivity (Wildman–Crippen MR) is 107 cm³/mol. The van der Waals surface area contributed by atoms with Crippen LogP contribution in [0.25, 0.3) is 0 Å². The highest BCUT2D eigenvalue weighted by atomic mass is 35.5. The molecule has 1 aromatic rings. The Kier molecular flexibility index (Phi) is 8.07. The molecular formula is C18H30ClN3O3S. The summed E-state index contributed by atoms with van der Waals surface area (Å²) in [7, 11) is -2.03. The lowest BCUT2D eigenvalue weighted by atomic mass is 10.00. The lowest BCUT2D eigenvalue weighted by Crippen LogP contribution is -2.33. The number of sulfonamides is 1. The highest BCUT2D eigenvalue weighted by Crippen LogP contribution is 2.28. The van der Waals surface area contributed by atoms with Crippen LogP contribution in [0.4, 0.5) is 5.69 Å². The van der Waals surface area contributed by atoms with Gasteiger partial charge in [-0.15, -0.1) is 12.4 Å². The second-order valence-electron chi connectivity index (χ2n) is 7.20. The average molecular weight is 404 g/mol. The van der Waals surface area contributed by atoms with Crippen molar-refractivity contribution in [3.05, 3.63) is 23.8 Å². The summed E-state index contributed by atoms with van der Waals surface area (Å²) >= 11 is 0. The number of rotatable bonds is 6. The van der Waals surface area contributed by atoms with Crippen molar-refractivity contribution in [3.8, 4) is 0 Å². The molecule has 1 aromatic carbocycles. The molecule has 1 saturated carbocycles. The van der Waals surface area contributed by atoms with E-state index in [0.717, 1.165) is 24.8 Å². The minimum Gasteiger partial charge on any atom is -0.327 e. The van der Waals surface area contributed by atoms with Crippen molar-refractivity contribution in [1.29, 1.82) is 0 Å². The normalized spacial score (nSPS) is 20.3. The van der Waals surface area contributed by atoms with Gasteiger partial charge in [0.1, 0.15) is 0 Å².